The molecule has 3 heteroatoms. The topological polar surface area (TPSA) is 42.2 Å². The van der Waals surface area contributed by atoms with Crippen molar-refractivity contribution in [2.24, 2.45) is 0 Å². The van der Waals surface area contributed by atoms with E-state index >= 15 is 0 Å². The molecule has 0 unspecified atom stereocenters. The Kier molecular flexibility index (Phi) is 2.77. The minimum Gasteiger partial charge on any atom is -0.456 e. The van der Waals surface area contributed by atoms with Gasteiger partial charge < -0.3 is 9.73 Å². The molecule has 1 aromatic heterocycles. The molecule has 0 aliphatic heterocycles. The fraction of sp³-hybridized carbons (Fsp3) is 0.154. The number of amides is 1. The van der Waals surface area contributed by atoms with Crippen molar-refractivity contribution < 1.29 is 9.21 Å². The van der Waals surface area contributed by atoms with Crippen LogP contribution in [-0.2, 0) is 0 Å². The summed E-state index contributed by atoms with van der Waals surface area (Å²) in [5.41, 5.74) is 1.83. The summed E-state index contributed by atoms with van der Waals surface area (Å²) in [6, 6.07) is 11.1. The largest absolute Gasteiger partial charge is 0.456 e. The minimum atomic E-state index is -0.220. The van der Waals surface area contributed by atoms with E-state index in [2.05, 4.69) is 5.32 Å². The lowest BCUT2D eigenvalue weighted by Gasteiger charge is -2.05. The van der Waals surface area contributed by atoms with Crippen LogP contribution in [0.4, 0.5) is 5.69 Å². The van der Waals surface area contributed by atoms with Crippen LogP contribution in [0.2, 0.25) is 0 Å². The Morgan fingerprint density at radius 2 is 1.88 bits per heavy atom. The number of hydrogen-bond acceptors (Lipinski definition) is 2. The standard InChI is InChI=1S/C13H13NO2/c1-9-5-3-4-6-11(9)14-13(15)12-8-7-10(2)16-12/h3-8H,1-2H3,(H,14,15). The molecule has 1 heterocycles. The van der Waals surface area contributed by atoms with Gasteiger partial charge in [0.1, 0.15) is 5.76 Å². The number of carbonyl (C=O) groups is 1. The highest BCUT2D eigenvalue weighted by Crippen LogP contribution is 2.15. The third-order valence-corrected chi connectivity index (χ3v) is 2.36. The van der Waals surface area contributed by atoms with E-state index in [0.717, 1.165) is 17.0 Å². The van der Waals surface area contributed by atoms with E-state index < -0.39 is 0 Å². The zero-order valence-corrected chi connectivity index (χ0v) is 9.28. The summed E-state index contributed by atoms with van der Waals surface area (Å²) < 4.78 is 5.25. The molecule has 0 saturated carbocycles. The number of nitrogens with one attached hydrogen (secondary N) is 1. The summed E-state index contributed by atoms with van der Waals surface area (Å²) >= 11 is 0. The first kappa shape index (κ1) is 10.5. The predicted octanol–water partition coefficient (Wildman–Crippen LogP) is 3.15. The number of carbonyl (C=O) groups excluding carboxylic acids is 1. The Hall–Kier alpha value is -2.03. The Morgan fingerprint density at radius 3 is 2.50 bits per heavy atom. The number of para-hydroxylation sites is 1. The Bertz CT molecular complexity index is 514. The summed E-state index contributed by atoms with van der Waals surface area (Å²) in [6.45, 7) is 3.76. The minimum absolute atomic E-state index is 0.220. The van der Waals surface area contributed by atoms with Crippen molar-refractivity contribution in [1.29, 1.82) is 0 Å². The van der Waals surface area contributed by atoms with Gasteiger partial charge in [0.15, 0.2) is 5.76 Å². The third-order valence-electron chi connectivity index (χ3n) is 2.36. The lowest BCUT2D eigenvalue weighted by atomic mass is 10.2. The highest BCUT2D eigenvalue weighted by atomic mass is 16.3. The number of hydrogen-bond donors (Lipinski definition) is 1. The van der Waals surface area contributed by atoms with Crippen molar-refractivity contribution in [3.63, 3.8) is 0 Å². The SMILES string of the molecule is Cc1ccc(C(=O)Nc2ccccc2C)o1. The van der Waals surface area contributed by atoms with Gasteiger partial charge in [-0.05, 0) is 37.6 Å². The Labute approximate surface area is 94.1 Å². The molecule has 0 aliphatic carbocycles. The van der Waals surface area contributed by atoms with Gasteiger partial charge in [-0.1, -0.05) is 18.2 Å². The van der Waals surface area contributed by atoms with Gasteiger partial charge >= 0.3 is 0 Å². The molecular formula is C13H13NO2. The maximum atomic E-state index is 11.8. The molecule has 0 atom stereocenters. The Morgan fingerprint density at radius 1 is 1.12 bits per heavy atom. The van der Waals surface area contributed by atoms with Gasteiger partial charge in [-0.25, -0.2) is 0 Å². The monoisotopic (exact) mass is 215 g/mol. The average Bonchev–Trinajstić information content (AvgIpc) is 2.68. The number of benzene rings is 1. The molecule has 1 aromatic carbocycles. The van der Waals surface area contributed by atoms with E-state index in [1.807, 2.05) is 38.1 Å². The highest BCUT2D eigenvalue weighted by Gasteiger charge is 2.10. The molecule has 2 rings (SSSR count). The molecule has 0 bridgehead atoms. The first-order valence-corrected chi connectivity index (χ1v) is 5.10. The van der Waals surface area contributed by atoms with E-state index in [-0.39, 0.29) is 5.91 Å². The maximum Gasteiger partial charge on any atom is 0.291 e. The predicted molar refractivity (Wildman–Crippen MR) is 62.6 cm³/mol. The molecule has 82 valence electrons. The third kappa shape index (κ3) is 2.14. The molecule has 16 heavy (non-hydrogen) atoms. The number of rotatable bonds is 2. The van der Waals surface area contributed by atoms with Crippen molar-refractivity contribution >= 4 is 11.6 Å². The summed E-state index contributed by atoms with van der Waals surface area (Å²) in [7, 11) is 0. The fourth-order valence-electron chi connectivity index (χ4n) is 1.45. The van der Waals surface area contributed by atoms with Gasteiger partial charge in [0.05, 0.1) is 0 Å². The van der Waals surface area contributed by atoms with Gasteiger partial charge in [-0.3, -0.25) is 4.79 Å². The zero-order chi connectivity index (χ0) is 11.5. The van der Waals surface area contributed by atoms with Gasteiger partial charge in [0, 0.05) is 5.69 Å². The molecule has 1 amide bonds. The second-order valence-corrected chi connectivity index (χ2v) is 3.68. The van der Waals surface area contributed by atoms with Crippen LogP contribution >= 0.6 is 0 Å². The van der Waals surface area contributed by atoms with E-state index in [4.69, 9.17) is 4.42 Å². The van der Waals surface area contributed by atoms with Crippen LogP contribution in [0.1, 0.15) is 21.9 Å². The summed E-state index contributed by atoms with van der Waals surface area (Å²) in [4.78, 5) is 11.8. The summed E-state index contributed by atoms with van der Waals surface area (Å²) in [5.74, 6) is 0.845. The first-order valence-electron chi connectivity index (χ1n) is 5.10. The second-order valence-electron chi connectivity index (χ2n) is 3.68. The molecule has 0 radical (unpaired) electrons. The highest BCUT2D eigenvalue weighted by molar-refractivity contribution is 6.02. The average molecular weight is 215 g/mol. The van der Waals surface area contributed by atoms with Crippen LogP contribution in [-0.4, -0.2) is 5.91 Å². The van der Waals surface area contributed by atoms with Crippen LogP contribution in [0.15, 0.2) is 40.8 Å². The number of anilines is 1. The van der Waals surface area contributed by atoms with E-state index in [1.165, 1.54) is 0 Å². The van der Waals surface area contributed by atoms with E-state index in [1.54, 1.807) is 12.1 Å². The second kappa shape index (κ2) is 4.23. The van der Waals surface area contributed by atoms with E-state index in [9.17, 15) is 4.79 Å². The molecule has 0 aliphatic rings. The van der Waals surface area contributed by atoms with Gasteiger partial charge in [-0.15, -0.1) is 0 Å². The van der Waals surface area contributed by atoms with Crippen LogP contribution in [0.3, 0.4) is 0 Å². The summed E-state index contributed by atoms with van der Waals surface area (Å²) in [5, 5.41) is 2.81. The van der Waals surface area contributed by atoms with Gasteiger partial charge in [0.25, 0.3) is 5.91 Å². The lowest BCUT2D eigenvalue weighted by molar-refractivity contribution is 0.0995. The fourth-order valence-corrected chi connectivity index (χ4v) is 1.45. The van der Waals surface area contributed by atoms with Crippen molar-refractivity contribution in [3.05, 3.63) is 53.5 Å². The van der Waals surface area contributed by atoms with Crippen LogP contribution in [0.25, 0.3) is 0 Å². The van der Waals surface area contributed by atoms with Crippen molar-refractivity contribution in [2.75, 3.05) is 5.32 Å². The zero-order valence-electron chi connectivity index (χ0n) is 9.28. The summed E-state index contributed by atoms with van der Waals surface area (Å²) in [6.07, 6.45) is 0. The van der Waals surface area contributed by atoms with Gasteiger partial charge in [0.2, 0.25) is 0 Å². The van der Waals surface area contributed by atoms with Crippen molar-refractivity contribution in [3.8, 4) is 0 Å². The Balaban J connectivity index is 2.17. The quantitative estimate of drug-likeness (QED) is 0.836. The molecule has 0 saturated heterocycles. The number of furan rings is 1. The molecular weight excluding hydrogens is 202 g/mol. The first-order chi connectivity index (χ1) is 7.66. The van der Waals surface area contributed by atoms with Crippen LogP contribution in [0, 0.1) is 13.8 Å². The molecule has 0 spiro atoms. The molecule has 3 nitrogen and oxygen atoms in total. The van der Waals surface area contributed by atoms with Crippen molar-refractivity contribution in [1.82, 2.24) is 0 Å². The van der Waals surface area contributed by atoms with E-state index in [0.29, 0.717) is 5.76 Å². The molecule has 1 N–H and O–H groups in total. The number of aryl methyl sites for hydroxylation is 2. The molecule has 0 fully saturated rings. The normalized spacial score (nSPS) is 10.1. The van der Waals surface area contributed by atoms with Crippen molar-refractivity contribution in [2.45, 2.75) is 13.8 Å². The smallest absolute Gasteiger partial charge is 0.291 e. The van der Waals surface area contributed by atoms with Gasteiger partial charge in [-0.2, -0.15) is 0 Å². The lowest BCUT2D eigenvalue weighted by Crippen LogP contribution is -2.11. The van der Waals surface area contributed by atoms with Crippen LogP contribution < -0.4 is 5.32 Å². The molecule has 2 aromatic rings. The maximum absolute atomic E-state index is 11.8. The van der Waals surface area contributed by atoms with Crippen LogP contribution in [0.5, 0.6) is 0 Å².